The van der Waals surface area contributed by atoms with E-state index >= 15 is 0 Å². The predicted molar refractivity (Wildman–Crippen MR) is 119 cm³/mol. The summed E-state index contributed by atoms with van der Waals surface area (Å²) in [5, 5.41) is 1.12. The van der Waals surface area contributed by atoms with E-state index < -0.39 is 8.07 Å². The number of aryl methyl sites for hydroxylation is 1. The number of hydrogen-bond donors (Lipinski definition) is 0. The number of likely N-dealkylation sites (N-methyl/N-ethyl adjacent to an activating group) is 1. The minimum absolute atomic E-state index is 0. The molecule has 0 atom stereocenters. The van der Waals surface area contributed by atoms with Crippen molar-refractivity contribution >= 4 is 24.9 Å². The van der Waals surface area contributed by atoms with Gasteiger partial charge in [0.05, 0.1) is 28.7 Å². The number of esters is 1. The number of hydrogen-bond acceptors (Lipinski definition) is 2. The molecule has 1 heterocycles. The number of carbonyl (C=O) groups is 1. The molecule has 0 saturated heterocycles. The summed E-state index contributed by atoms with van der Waals surface area (Å²) in [5.41, 5.74) is 1.63. The Morgan fingerprint density at radius 1 is 1.03 bits per heavy atom. The molecule has 2 rings (SSSR count). The smallest absolute Gasteiger partial charge is 0.403 e. The summed E-state index contributed by atoms with van der Waals surface area (Å²) in [7, 11) is 5.37. The minimum Gasteiger partial charge on any atom is -1.00 e. The molecule has 0 radical (unpaired) electrons. The van der Waals surface area contributed by atoms with Gasteiger partial charge in [-0.2, -0.15) is 4.57 Å². The van der Waals surface area contributed by atoms with Crippen molar-refractivity contribution in [1.29, 1.82) is 0 Å². The number of ether oxygens (including phenoxy) is 1. The maximum Gasteiger partial charge on any atom is 0.403 e. The molecule has 0 bridgehead atoms. The van der Waals surface area contributed by atoms with Crippen LogP contribution in [0.3, 0.4) is 0 Å². The molecule has 0 spiro atoms. The molecule has 1 aromatic heterocycles. The van der Waals surface area contributed by atoms with Crippen LogP contribution in [-0.2, 0) is 11.8 Å². The first-order chi connectivity index (χ1) is 13.2. The van der Waals surface area contributed by atoms with Crippen molar-refractivity contribution in [2.24, 2.45) is 7.05 Å². The average molecular weight is 656 g/mol. The lowest BCUT2D eigenvalue weighted by Crippen LogP contribution is -3.00. The fraction of sp³-hybridized carbons (Fsp3) is 0.565. The van der Waals surface area contributed by atoms with Crippen LogP contribution in [0.25, 0.3) is 10.9 Å². The SMILES string of the molecule is CC[Si](C)(CC)CCC[N+](C)(C)CCOC(=O)c1ccc2ccccc2[n+]1C.[I-].[I-]. The van der Waals surface area contributed by atoms with Gasteiger partial charge < -0.3 is 57.2 Å². The zero-order chi connectivity index (χ0) is 20.8. The van der Waals surface area contributed by atoms with Gasteiger partial charge in [-0.3, -0.25) is 0 Å². The van der Waals surface area contributed by atoms with Gasteiger partial charge in [0.25, 0.3) is 5.69 Å². The van der Waals surface area contributed by atoms with Gasteiger partial charge in [0, 0.05) is 17.5 Å². The van der Waals surface area contributed by atoms with Gasteiger partial charge in [0.1, 0.15) is 20.2 Å². The summed E-state index contributed by atoms with van der Waals surface area (Å²) in [6.07, 6.45) is 1.27. The number of fused-ring (bicyclic) bond motifs is 1. The van der Waals surface area contributed by atoms with Crippen LogP contribution in [0.4, 0.5) is 0 Å². The highest BCUT2D eigenvalue weighted by atomic mass is 127. The van der Waals surface area contributed by atoms with Crippen molar-refractivity contribution in [3.05, 3.63) is 42.1 Å². The molecule has 0 aliphatic rings. The monoisotopic (exact) mass is 656 g/mol. The zero-order valence-electron chi connectivity index (χ0n) is 19.4. The van der Waals surface area contributed by atoms with E-state index in [4.69, 9.17) is 4.74 Å². The molecule has 0 aliphatic carbocycles. The largest absolute Gasteiger partial charge is 1.00 e. The van der Waals surface area contributed by atoms with Gasteiger partial charge in [-0.05, 0) is 18.6 Å². The molecular formula is C23H38I2N2O2Si. The molecular weight excluding hydrogens is 618 g/mol. The Labute approximate surface area is 218 Å². The molecule has 0 unspecified atom stereocenters. The highest BCUT2D eigenvalue weighted by molar-refractivity contribution is 6.78. The van der Waals surface area contributed by atoms with Crippen LogP contribution in [0.1, 0.15) is 30.8 Å². The highest BCUT2D eigenvalue weighted by Crippen LogP contribution is 2.22. The molecule has 2 aromatic rings. The van der Waals surface area contributed by atoms with Crippen molar-refractivity contribution in [1.82, 2.24) is 0 Å². The summed E-state index contributed by atoms with van der Waals surface area (Å²) in [5.74, 6) is -0.245. The van der Waals surface area contributed by atoms with Crippen molar-refractivity contribution in [3.63, 3.8) is 0 Å². The molecule has 0 saturated carbocycles. The Kier molecular flexibility index (Phi) is 13.2. The van der Waals surface area contributed by atoms with Crippen molar-refractivity contribution < 1.29 is 66.5 Å². The number of aromatic nitrogens is 1. The lowest BCUT2D eigenvalue weighted by atomic mass is 10.2. The summed E-state index contributed by atoms with van der Waals surface area (Å²) in [6.45, 7) is 9.67. The number of para-hydroxylation sites is 1. The van der Waals surface area contributed by atoms with Crippen molar-refractivity contribution in [3.8, 4) is 0 Å². The minimum atomic E-state index is -1.02. The van der Waals surface area contributed by atoms with Gasteiger partial charge >= 0.3 is 5.97 Å². The van der Waals surface area contributed by atoms with E-state index in [1.54, 1.807) is 0 Å². The number of quaternary nitrogens is 1. The van der Waals surface area contributed by atoms with Gasteiger partial charge in [0.2, 0.25) is 5.52 Å². The van der Waals surface area contributed by atoms with Gasteiger partial charge in [-0.1, -0.05) is 50.7 Å². The third-order valence-electron chi connectivity index (χ3n) is 6.47. The number of benzene rings is 1. The first-order valence-electron chi connectivity index (χ1n) is 10.6. The fourth-order valence-electron chi connectivity index (χ4n) is 3.66. The Hall–Kier alpha value is -0.263. The normalized spacial score (nSPS) is 11.5. The van der Waals surface area contributed by atoms with E-state index in [2.05, 4.69) is 40.6 Å². The highest BCUT2D eigenvalue weighted by Gasteiger charge is 2.25. The number of pyridine rings is 1. The summed E-state index contributed by atoms with van der Waals surface area (Å²) in [4.78, 5) is 12.6. The molecule has 0 N–H and O–H groups in total. The maximum absolute atomic E-state index is 12.6. The van der Waals surface area contributed by atoms with Gasteiger partial charge in [0.15, 0.2) is 0 Å². The summed E-state index contributed by atoms with van der Waals surface area (Å²) >= 11 is 0. The molecule has 0 fully saturated rings. The van der Waals surface area contributed by atoms with E-state index in [0.29, 0.717) is 12.3 Å². The number of carbonyl (C=O) groups excluding carboxylic acids is 1. The molecule has 0 amide bonds. The lowest BCUT2D eigenvalue weighted by molar-refractivity contribution is -0.890. The third kappa shape index (κ3) is 8.35. The van der Waals surface area contributed by atoms with E-state index in [9.17, 15) is 4.79 Å². The Bertz CT molecular complexity index is 811. The quantitative estimate of drug-likeness (QED) is 0.102. The maximum atomic E-state index is 12.6. The molecule has 7 heteroatoms. The molecule has 170 valence electrons. The second-order valence-electron chi connectivity index (χ2n) is 8.98. The van der Waals surface area contributed by atoms with Crippen LogP contribution in [0.15, 0.2) is 36.4 Å². The first-order valence-corrected chi connectivity index (χ1v) is 13.7. The topological polar surface area (TPSA) is 30.2 Å². The molecule has 1 aromatic carbocycles. The summed E-state index contributed by atoms with van der Waals surface area (Å²) in [6, 6.07) is 16.0. The second kappa shape index (κ2) is 13.3. The van der Waals surface area contributed by atoms with Crippen LogP contribution in [-0.4, -0.2) is 52.3 Å². The number of rotatable bonds is 10. The summed E-state index contributed by atoms with van der Waals surface area (Å²) < 4.78 is 8.43. The van der Waals surface area contributed by atoms with E-state index in [0.717, 1.165) is 28.5 Å². The number of halogens is 2. The first kappa shape index (κ1) is 29.7. The second-order valence-corrected chi connectivity index (χ2v) is 14.5. The third-order valence-corrected chi connectivity index (χ3v) is 11.4. The van der Waals surface area contributed by atoms with E-state index in [1.807, 2.05) is 41.9 Å². The van der Waals surface area contributed by atoms with E-state index in [1.165, 1.54) is 24.6 Å². The molecule has 0 aliphatic heterocycles. The average Bonchev–Trinajstić information content (AvgIpc) is 2.68. The fourth-order valence-corrected chi connectivity index (χ4v) is 5.88. The van der Waals surface area contributed by atoms with Crippen LogP contribution in [0.2, 0.25) is 24.7 Å². The van der Waals surface area contributed by atoms with Crippen LogP contribution in [0.5, 0.6) is 0 Å². The molecule has 4 nitrogen and oxygen atoms in total. The van der Waals surface area contributed by atoms with Gasteiger partial charge in [-0.15, -0.1) is 0 Å². The van der Waals surface area contributed by atoms with Crippen LogP contribution >= 0.6 is 0 Å². The zero-order valence-corrected chi connectivity index (χ0v) is 24.7. The Morgan fingerprint density at radius 2 is 1.67 bits per heavy atom. The standard InChI is InChI=1S/C23H38N2O2Si.2HI/c1-7-28(6,8-2)19-11-16-25(4,5)17-18-27-23(26)22-15-14-20-12-9-10-13-21(20)24(22)3;;/h9-10,12-15H,7-8,11,16-19H2,1-6H3;2*1H/q+2;;/p-2. The Balaban J connectivity index is 0.00000420. The lowest BCUT2D eigenvalue weighted by Gasteiger charge is -2.31. The predicted octanol–water partition coefficient (Wildman–Crippen LogP) is -1.59. The Morgan fingerprint density at radius 3 is 2.30 bits per heavy atom. The van der Waals surface area contributed by atoms with Crippen molar-refractivity contribution in [2.45, 2.75) is 44.9 Å². The number of nitrogens with zero attached hydrogens (tertiary/aromatic N) is 2. The molecule has 30 heavy (non-hydrogen) atoms. The van der Waals surface area contributed by atoms with Crippen LogP contribution < -0.4 is 52.5 Å². The van der Waals surface area contributed by atoms with Crippen LogP contribution in [0, 0.1) is 0 Å². The van der Waals surface area contributed by atoms with Crippen molar-refractivity contribution in [2.75, 3.05) is 33.8 Å². The van der Waals surface area contributed by atoms with E-state index in [-0.39, 0.29) is 53.9 Å². The van der Waals surface area contributed by atoms with Gasteiger partial charge in [-0.25, -0.2) is 4.79 Å².